The van der Waals surface area contributed by atoms with Gasteiger partial charge in [0, 0.05) is 33.3 Å². The first-order chi connectivity index (χ1) is 11.7. The van der Waals surface area contributed by atoms with Crippen molar-refractivity contribution in [1.82, 2.24) is 4.98 Å². The lowest BCUT2D eigenvalue weighted by atomic mass is 10.1. The number of rotatable bonds is 6. The Bertz CT molecular complexity index is 766. The van der Waals surface area contributed by atoms with Crippen molar-refractivity contribution in [2.24, 2.45) is 0 Å². The summed E-state index contributed by atoms with van der Waals surface area (Å²) in [6.07, 6.45) is 1.34. The van der Waals surface area contributed by atoms with E-state index in [0.29, 0.717) is 33.2 Å². The number of hydrogen-bond acceptors (Lipinski definition) is 4. The van der Waals surface area contributed by atoms with Gasteiger partial charge in [-0.3, -0.25) is 0 Å². The van der Waals surface area contributed by atoms with E-state index in [0.717, 1.165) is 23.1 Å². The maximum atomic E-state index is 10.5. The molecule has 24 heavy (non-hydrogen) atoms. The average molecular weight is 378 g/mol. The number of aromatic nitrogens is 1. The van der Waals surface area contributed by atoms with Crippen LogP contribution in [0.15, 0.2) is 58.2 Å². The number of benzene rings is 2. The molecular formula is C18H13Cl2NO2S. The summed E-state index contributed by atoms with van der Waals surface area (Å²) in [5.74, 6) is 1.30. The van der Waals surface area contributed by atoms with Crippen molar-refractivity contribution < 1.29 is 9.21 Å². The van der Waals surface area contributed by atoms with Crippen molar-refractivity contribution in [2.75, 3.05) is 5.75 Å². The number of aldehydes is 1. The minimum absolute atomic E-state index is 0.458. The Labute approximate surface area is 154 Å². The fourth-order valence-electron chi connectivity index (χ4n) is 2.16. The van der Waals surface area contributed by atoms with Crippen LogP contribution in [-0.4, -0.2) is 17.0 Å². The third kappa shape index (κ3) is 4.01. The van der Waals surface area contributed by atoms with Crippen LogP contribution in [0.25, 0.3) is 22.6 Å². The number of thioether (sulfide) groups is 1. The van der Waals surface area contributed by atoms with Gasteiger partial charge in [0.1, 0.15) is 12.0 Å². The van der Waals surface area contributed by atoms with Crippen molar-refractivity contribution in [3.8, 4) is 22.6 Å². The highest BCUT2D eigenvalue weighted by atomic mass is 35.5. The van der Waals surface area contributed by atoms with Crippen LogP contribution >= 0.6 is 35.0 Å². The lowest BCUT2D eigenvalue weighted by Crippen LogP contribution is -1.83. The van der Waals surface area contributed by atoms with Gasteiger partial charge in [-0.15, -0.1) is 0 Å². The van der Waals surface area contributed by atoms with Gasteiger partial charge in [0.25, 0.3) is 5.22 Å². The molecule has 122 valence electrons. The molecule has 2 aromatic carbocycles. The Kier molecular flexibility index (Phi) is 5.61. The quantitative estimate of drug-likeness (QED) is 0.300. The van der Waals surface area contributed by atoms with E-state index in [1.54, 1.807) is 0 Å². The summed E-state index contributed by atoms with van der Waals surface area (Å²) in [6, 6.07) is 14.8. The van der Waals surface area contributed by atoms with E-state index in [1.165, 1.54) is 11.8 Å². The molecular weight excluding hydrogens is 365 g/mol. The molecule has 1 heterocycles. The van der Waals surface area contributed by atoms with Crippen molar-refractivity contribution in [1.29, 1.82) is 0 Å². The van der Waals surface area contributed by atoms with E-state index in [9.17, 15) is 4.79 Å². The fourth-order valence-corrected chi connectivity index (χ4v) is 3.10. The molecule has 0 saturated heterocycles. The zero-order valence-corrected chi connectivity index (χ0v) is 14.9. The van der Waals surface area contributed by atoms with E-state index < -0.39 is 0 Å². The van der Waals surface area contributed by atoms with Crippen LogP contribution in [-0.2, 0) is 4.79 Å². The summed E-state index contributed by atoms with van der Waals surface area (Å²) in [5, 5.41) is 1.86. The summed E-state index contributed by atoms with van der Waals surface area (Å²) in [7, 11) is 0. The van der Waals surface area contributed by atoms with Gasteiger partial charge in [0.15, 0.2) is 5.76 Å². The topological polar surface area (TPSA) is 43.1 Å². The molecule has 0 spiro atoms. The second-order valence-corrected chi connectivity index (χ2v) is 6.89. The van der Waals surface area contributed by atoms with E-state index in [1.807, 2.05) is 48.5 Å². The Hall–Kier alpha value is -1.75. The van der Waals surface area contributed by atoms with E-state index in [2.05, 4.69) is 4.98 Å². The number of nitrogens with zero attached hydrogens (tertiary/aromatic N) is 1. The van der Waals surface area contributed by atoms with Crippen molar-refractivity contribution >= 4 is 41.2 Å². The van der Waals surface area contributed by atoms with Gasteiger partial charge in [-0.05, 0) is 36.4 Å². The molecule has 0 saturated carbocycles. The van der Waals surface area contributed by atoms with Crippen LogP contribution in [0.1, 0.15) is 6.42 Å². The molecule has 0 amide bonds. The summed E-state index contributed by atoms with van der Waals surface area (Å²) in [4.78, 5) is 15.1. The Morgan fingerprint density at radius 2 is 1.54 bits per heavy atom. The van der Waals surface area contributed by atoms with Gasteiger partial charge in [-0.1, -0.05) is 47.1 Å². The predicted molar refractivity (Wildman–Crippen MR) is 98.8 cm³/mol. The smallest absolute Gasteiger partial charge is 0.256 e. The van der Waals surface area contributed by atoms with Crippen molar-refractivity contribution in [3.05, 3.63) is 58.6 Å². The van der Waals surface area contributed by atoms with Gasteiger partial charge >= 0.3 is 0 Å². The third-order valence-electron chi connectivity index (χ3n) is 3.29. The summed E-state index contributed by atoms with van der Waals surface area (Å²) in [5.41, 5.74) is 2.54. The number of halogens is 2. The number of carbonyl (C=O) groups is 1. The van der Waals surface area contributed by atoms with Crippen LogP contribution in [0, 0.1) is 0 Å². The molecule has 0 aliphatic heterocycles. The van der Waals surface area contributed by atoms with Crippen molar-refractivity contribution in [2.45, 2.75) is 11.6 Å². The number of hydrogen-bond donors (Lipinski definition) is 0. The van der Waals surface area contributed by atoms with Crippen LogP contribution in [0.2, 0.25) is 10.0 Å². The molecule has 1 aromatic heterocycles. The minimum Gasteiger partial charge on any atom is -0.431 e. The molecule has 0 aliphatic carbocycles. The predicted octanol–water partition coefficient (Wildman–Crippen LogP) is 6.00. The Balaban J connectivity index is 2.02. The van der Waals surface area contributed by atoms with Gasteiger partial charge < -0.3 is 9.21 Å². The average Bonchev–Trinajstić information content (AvgIpc) is 3.01. The van der Waals surface area contributed by atoms with Gasteiger partial charge in [-0.2, -0.15) is 0 Å². The molecule has 0 unspecified atom stereocenters. The van der Waals surface area contributed by atoms with Crippen molar-refractivity contribution in [3.63, 3.8) is 0 Å². The molecule has 0 radical (unpaired) electrons. The summed E-state index contributed by atoms with van der Waals surface area (Å²) >= 11 is 13.3. The van der Waals surface area contributed by atoms with Gasteiger partial charge in [0.2, 0.25) is 0 Å². The molecule has 0 aliphatic rings. The molecule has 0 atom stereocenters. The standard InChI is InChI=1S/C18H13Cl2NO2S/c19-14-6-2-12(3-7-14)16-17(13-4-8-15(20)9-5-13)23-18(21-16)24-11-1-10-22/h2-10H,1,11H2. The van der Waals surface area contributed by atoms with E-state index >= 15 is 0 Å². The zero-order chi connectivity index (χ0) is 16.9. The number of oxazole rings is 1. The summed E-state index contributed by atoms with van der Waals surface area (Å²) < 4.78 is 5.93. The normalized spacial score (nSPS) is 10.8. The highest BCUT2D eigenvalue weighted by Crippen LogP contribution is 2.36. The van der Waals surface area contributed by atoms with Gasteiger partial charge in [0.05, 0.1) is 0 Å². The highest BCUT2D eigenvalue weighted by molar-refractivity contribution is 7.99. The number of carbonyl (C=O) groups excluding carboxylic acids is 1. The zero-order valence-electron chi connectivity index (χ0n) is 12.5. The monoisotopic (exact) mass is 377 g/mol. The summed E-state index contributed by atoms with van der Waals surface area (Å²) in [6.45, 7) is 0. The van der Waals surface area contributed by atoms with E-state index in [4.69, 9.17) is 27.6 Å². The van der Waals surface area contributed by atoms with Gasteiger partial charge in [-0.25, -0.2) is 4.98 Å². The van der Waals surface area contributed by atoms with E-state index in [-0.39, 0.29) is 0 Å². The molecule has 0 N–H and O–H groups in total. The van der Waals surface area contributed by atoms with Crippen LogP contribution in [0.5, 0.6) is 0 Å². The molecule has 3 nitrogen and oxygen atoms in total. The van der Waals surface area contributed by atoms with Crippen LogP contribution < -0.4 is 0 Å². The SMILES string of the molecule is O=CCCSc1nc(-c2ccc(Cl)cc2)c(-c2ccc(Cl)cc2)o1. The fraction of sp³-hybridized carbons (Fsp3) is 0.111. The van der Waals surface area contributed by atoms with Crippen LogP contribution in [0.3, 0.4) is 0 Å². The Morgan fingerprint density at radius 3 is 2.12 bits per heavy atom. The molecule has 3 rings (SSSR count). The first-order valence-corrected chi connectivity index (χ1v) is 9.00. The second kappa shape index (κ2) is 7.88. The maximum absolute atomic E-state index is 10.5. The second-order valence-electron chi connectivity index (χ2n) is 4.98. The first-order valence-electron chi connectivity index (χ1n) is 7.26. The molecule has 3 aromatic rings. The van der Waals surface area contributed by atoms with Crippen LogP contribution in [0.4, 0.5) is 0 Å². The first kappa shape index (κ1) is 17.1. The molecule has 6 heteroatoms. The minimum atomic E-state index is 0.458. The largest absolute Gasteiger partial charge is 0.431 e. The maximum Gasteiger partial charge on any atom is 0.256 e. The third-order valence-corrected chi connectivity index (χ3v) is 4.66. The molecule has 0 bridgehead atoms. The lowest BCUT2D eigenvalue weighted by Gasteiger charge is -2.02. The molecule has 0 fully saturated rings. The highest BCUT2D eigenvalue weighted by Gasteiger charge is 2.17. The Morgan fingerprint density at radius 1 is 0.958 bits per heavy atom. The lowest BCUT2D eigenvalue weighted by molar-refractivity contribution is -0.107.